The van der Waals surface area contributed by atoms with Crippen LogP contribution in [0.3, 0.4) is 0 Å². The Bertz CT molecular complexity index is 975. The molecule has 0 fully saturated rings. The van der Waals surface area contributed by atoms with E-state index in [9.17, 15) is 14.4 Å². The zero-order chi connectivity index (χ0) is 20.1. The van der Waals surface area contributed by atoms with E-state index in [0.717, 1.165) is 10.2 Å². The van der Waals surface area contributed by atoms with Crippen LogP contribution >= 0.6 is 11.3 Å². The summed E-state index contributed by atoms with van der Waals surface area (Å²) in [6, 6.07) is 10.1. The number of ether oxygens (including phenoxy) is 1. The van der Waals surface area contributed by atoms with Crippen molar-refractivity contribution in [2.24, 2.45) is 5.92 Å². The fourth-order valence-corrected chi connectivity index (χ4v) is 3.17. The molecular weight excluding hydrogens is 382 g/mol. The molecule has 3 amide bonds. The number of fused-ring (bicyclic) bond motifs is 1. The number of hydrogen-bond acceptors (Lipinski definition) is 7. The molecule has 0 unspecified atom stereocenters. The molecule has 0 aliphatic carbocycles. The van der Waals surface area contributed by atoms with Crippen molar-refractivity contribution in [3.8, 4) is 10.8 Å². The Labute approximate surface area is 164 Å². The Morgan fingerprint density at radius 3 is 2.71 bits per heavy atom. The first kappa shape index (κ1) is 19.6. The fourth-order valence-electron chi connectivity index (χ4n) is 2.25. The molecule has 1 aromatic carbocycles. The van der Waals surface area contributed by atoms with E-state index in [1.807, 2.05) is 38.1 Å². The van der Waals surface area contributed by atoms with Crippen molar-refractivity contribution in [2.45, 2.75) is 13.8 Å². The van der Waals surface area contributed by atoms with E-state index in [1.165, 1.54) is 17.4 Å². The van der Waals surface area contributed by atoms with Crippen molar-refractivity contribution in [1.29, 1.82) is 0 Å². The first-order valence-corrected chi connectivity index (χ1v) is 9.44. The third-order valence-electron chi connectivity index (χ3n) is 3.57. The lowest BCUT2D eigenvalue weighted by atomic mass is 10.2. The van der Waals surface area contributed by atoms with Gasteiger partial charge in [0.05, 0.1) is 10.2 Å². The Morgan fingerprint density at radius 2 is 1.96 bits per heavy atom. The van der Waals surface area contributed by atoms with E-state index in [-0.39, 0.29) is 11.7 Å². The molecule has 9 heteroatoms. The zero-order valence-corrected chi connectivity index (χ0v) is 16.2. The number of para-hydroxylation sites is 1. The van der Waals surface area contributed by atoms with Crippen molar-refractivity contribution >= 4 is 39.5 Å². The van der Waals surface area contributed by atoms with Gasteiger partial charge in [-0.15, -0.1) is 11.3 Å². The number of furan rings is 1. The number of thiazole rings is 1. The second kappa shape index (κ2) is 8.66. The monoisotopic (exact) mass is 401 g/mol. The summed E-state index contributed by atoms with van der Waals surface area (Å²) in [6.45, 7) is 3.69. The van der Waals surface area contributed by atoms with Crippen LogP contribution in [0.2, 0.25) is 0 Å². The van der Waals surface area contributed by atoms with E-state index >= 15 is 0 Å². The van der Waals surface area contributed by atoms with Gasteiger partial charge >= 0.3 is 12.0 Å². The quantitative estimate of drug-likeness (QED) is 0.614. The van der Waals surface area contributed by atoms with Gasteiger partial charge in [0.25, 0.3) is 5.91 Å². The number of nitrogens with zero attached hydrogens (tertiary/aromatic N) is 1. The van der Waals surface area contributed by atoms with Gasteiger partial charge in [-0.25, -0.2) is 14.6 Å². The lowest BCUT2D eigenvalue weighted by molar-refractivity contribution is -0.123. The van der Waals surface area contributed by atoms with Crippen LogP contribution in [0.25, 0.3) is 21.0 Å². The third-order valence-corrected chi connectivity index (χ3v) is 4.62. The highest BCUT2D eigenvalue weighted by Gasteiger charge is 2.18. The maximum atomic E-state index is 12.1. The van der Waals surface area contributed by atoms with Crippen LogP contribution in [0.5, 0.6) is 0 Å². The number of carbonyl (C=O) groups excluding carboxylic acids is 3. The van der Waals surface area contributed by atoms with Gasteiger partial charge in [0.15, 0.2) is 17.4 Å². The summed E-state index contributed by atoms with van der Waals surface area (Å²) in [4.78, 5) is 39.7. The van der Waals surface area contributed by atoms with Crippen LogP contribution < -0.4 is 10.6 Å². The van der Waals surface area contributed by atoms with Crippen LogP contribution in [0.1, 0.15) is 24.4 Å². The van der Waals surface area contributed by atoms with Crippen LogP contribution in [0.15, 0.2) is 40.8 Å². The predicted molar refractivity (Wildman–Crippen MR) is 104 cm³/mol. The Balaban J connectivity index is 1.54. The molecule has 8 nitrogen and oxygen atoms in total. The van der Waals surface area contributed by atoms with Crippen molar-refractivity contribution in [1.82, 2.24) is 15.6 Å². The summed E-state index contributed by atoms with van der Waals surface area (Å²) < 4.78 is 11.4. The average Bonchev–Trinajstić information content (AvgIpc) is 3.31. The van der Waals surface area contributed by atoms with Crippen molar-refractivity contribution in [2.75, 3.05) is 13.2 Å². The number of amides is 3. The second-order valence-corrected chi connectivity index (χ2v) is 7.41. The van der Waals surface area contributed by atoms with Gasteiger partial charge in [-0.05, 0) is 30.2 Å². The molecule has 0 saturated carbocycles. The van der Waals surface area contributed by atoms with Gasteiger partial charge in [0.2, 0.25) is 5.76 Å². The highest BCUT2D eigenvalue weighted by atomic mass is 32.1. The van der Waals surface area contributed by atoms with Crippen LogP contribution in [0.4, 0.5) is 4.79 Å². The molecular formula is C19H19N3O5S. The molecule has 0 aliphatic heterocycles. The molecule has 2 aromatic heterocycles. The average molecular weight is 401 g/mol. The molecule has 0 spiro atoms. The van der Waals surface area contributed by atoms with Gasteiger partial charge in [-0.1, -0.05) is 26.0 Å². The first-order valence-electron chi connectivity index (χ1n) is 8.63. The summed E-state index contributed by atoms with van der Waals surface area (Å²) >= 11 is 1.44. The smallest absolute Gasteiger partial charge is 0.374 e. The van der Waals surface area contributed by atoms with Crippen molar-refractivity contribution < 1.29 is 23.5 Å². The van der Waals surface area contributed by atoms with Gasteiger partial charge < -0.3 is 14.5 Å². The summed E-state index contributed by atoms with van der Waals surface area (Å²) in [5, 5.41) is 5.25. The predicted octanol–water partition coefficient (Wildman–Crippen LogP) is 3.19. The largest absolute Gasteiger partial charge is 0.450 e. The number of esters is 1. The number of aromatic nitrogens is 1. The Morgan fingerprint density at radius 1 is 1.18 bits per heavy atom. The minimum atomic E-state index is -0.801. The molecule has 0 atom stereocenters. The van der Waals surface area contributed by atoms with Crippen molar-refractivity contribution in [3.05, 3.63) is 42.2 Å². The summed E-state index contributed by atoms with van der Waals surface area (Å²) in [5.74, 6) is -0.892. The number of imide groups is 1. The van der Waals surface area contributed by atoms with Crippen LogP contribution in [-0.4, -0.2) is 36.0 Å². The minimum absolute atomic E-state index is 0.0497. The number of rotatable bonds is 6. The number of benzene rings is 1. The molecule has 3 aromatic rings. The molecule has 3 rings (SSSR count). The fraction of sp³-hybridized carbons (Fsp3) is 0.263. The first-order chi connectivity index (χ1) is 13.4. The van der Waals surface area contributed by atoms with Crippen molar-refractivity contribution in [3.63, 3.8) is 0 Å². The third kappa shape index (κ3) is 4.95. The molecule has 0 aliphatic rings. The molecule has 2 N–H and O–H groups in total. The number of hydrogen-bond donors (Lipinski definition) is 2. The molecule has 28 heavy (non-hydrogen) atoms. The molecule has 2 heterocycles. The van der Waals surface area contributed by atoms with Crippen LogP contribution in [-0.2, 0) is 9.53 Å². The molecule has 0 radical (unpaired) electrons. The second-order valence-electron chi connectivity index (χ2n) is 6.38. The van der Waals surface area contributed by atoms with E-state index in [4.69, 9.17) is 9.15 Å². The Hall–Kier alpha value is -3.20. The van der Waals surface area contributed by atoms with E-state index in [0.29, 0.717) is 17.3 Å². The number of urea groups is 1. The molecule has 146 valence electrons. The summed E-state index contributed by atoms with van der Waals surface area (Å²) in [6.07, 6.45) is 0. The number of carbonyl (C=O) groups is 3. The maximum absolute atomic E-state index is 12.1. The van der Waals surface area contributed by atoms with Gasteiger partial charge in [-0.3, -0.25) is 10.1 Å². The lowest BCUT2D eigenvalue weighted by Crippen LogP contribution is -2.42. The Kier molecular flexibility index (Phi) is 6.05. The lowest BCUT2D eigenvalue weighted by Gasteiger charge is -2.08. The SMILES string of the molecule is CC(C)CNC(=O)NC(=O)COC(=O)c1ccc(-c2nc3ccccc3s2)o1. The standard InChI is InChI=1S/C19H19N3O5S/c1-11(2)9-20-19(25)22-16(23)10-26-18(24)14-8-7-13(27-14)17-21-12-5-3-4-6-15(12)28-17/h3-8,11H,9-10H2,1-2H3,(H2,20,22,23,25). The summed E-state index contributed by atoms with van der Waals surface area (Å²) in [7, 11) is 0. The topological polar surface area (TPSA) is 111 Å². The van der Waals surface area contributed by atoms with Gasteiger partial charge in [-0.2, -0.15) is 0 Å². The number of nitrogens with one attached hydrogen (secondary N) is 2. The normalized spacial score (nSPS) is 10.8. The molecule has 0 bridgehead atoms. The zero-order valence-electron chi connectivity index (χ0n) is 15.4. The highest BCUT2D eigenvalue weighted by molar-refractivity contribution is 7.21. The molecule has 0 saturated heterocycles. The van der Waals surface area contributed by atoms with Gasteiger partial charge in [0.1, 0.15) is 0 Å². The van der Waals surface area contributed by atoms with E-state index in [1.54, 1.807) is 6.07 Å². The minimum Gasteiger partial charge on any atom is -0.450 e. The van der Waals surface area contributed by atoms with Crippen LogP contribution in [0, 0.1) is 5.92 Å². The highest BCUT2D eigenvalue weighted by Crippen LogP contribution is 2.31. The maximum Gasteiger partial charge on any atom is 0.374 e. The van der Waals surface area contributed by atoms with E-state index < -0.39 is 24.5 Å². The summed E-state index contributed by atoms with van der Waals surface area (Å²) in [5.41, 5.74) is 0.843. The van der Waals surface area contributed by atoms with E-state index in [2.05, 4.69) is 15.6 Å². The van der Waals surface area contributed by atoms with Gasteiger partial charge in [0, 0.05) is 6.54 Å².